The molecule has 0 fully saturated rings. The molecule has 1 rings (SSSR count). The molecule has 0 spiro atoms. The highest BCUT2D eigenvalue weighted by Gasteiger charge is 2.10. The van der Waals surface area contributed by atoms with Gasteiger partial charge in [0.1, 0.15) is 11.6 Å². The van der Waals surface area contributed by atoms with Crippen molar-refractivity contribution in [3.05, 3.63) is 35.4 Å². The molecule has 0 saturated carbocycles. The number of halogens is 2. The maximum Gasteiger partial charge on any atom is 0.169 e. The van der Waals surface area contributed by atoms with E-state index < -0.39 is 17.9 Å². The first-order chi connectivity index (χ1) is 8.69. The Kier molecular flexibility index (Phi) is 6.78. The average Bonchev–Trinajstić information content (AvgIpc) is 2.33. The van der Waals surface area contributed by atoms with Gasteiger partial charge in [0.2, 0.25) is 0 Å². The molecule has 1 N–H and O–H groups in total. The van der Waals surface area contributed by atoms with Crippen LogP contribution in [0.1, 0.15) is 19.4 Å². The zero-order chi connectivity index (χ0) is 13.4. The molecule has 0 aliphatic rings. The van der Waals surface area contributed by atoms with Gasteiger partial charge < -0.3 is 14.8 Å². The first-order valence-corrected chi connectivity index (χ1v) is 6.05. The molecule has 0 aromatic heterocycles. The summed E-state index contributed by atoms with van der Waals surface area (Å²) in [6, 6.07) is 3.82. The summed E-state index contributed by atoms with van der Waals surface area (Å²) in [5.41, 5.74) is 0.0317. The van der Waals surface area contributed by atoms with Crippen LogP contribution >= 0.6 is 0 Å². The minimum absolute atomic E-state index is 0.0317. The Balaban J connectivity index is 2.44. The lowest BCUT2D eigenvalue weighted by atomic mass is 10.2. The van der Waals surface area contributed by atoms with Gasteiger partial charge in [0.25, 0.3) is 0 Å². The second kappa shape index (κ2) is 8.13. The number of hydrogen-bond acceptors (Lipinski definition) is 3. The standard InChI is InChI=1S/C13H19F2NO2/c1-3-17-13(18-4-2)9-16-8-10-11(14)6-5-7-12(10)15/h5-7,13,16H,3-4,8-9H2,1-2H3. The second-order valence-corrected chi connectivity index (χ2v) is 3.67. The van der Waals surface area contributed by atoms with Gasteiger partial charge in [-0.2, -0.15) is 0 Å². The topological polar surface area (TPSA) is 30.5 Å². The van der Waals surface area contributed by atoms with Crippen molar-refractivity contribution in [2.45, 2.75) is 26.7 Å². The van der Waals surface area contributed by atoms with Crippen molar-refractivity contribution in [1.29, 1.82) is 0 Å². The molecule has 0 bridgehead atoms. The van der Waals surface area contributed by atoms with Gasteiger partial charge in [0.05, 0.1) is 0 Å². The summed E-state index contributed by atoms with van der Waals surface area (Å²) >= 11 is 0. The first kappa shape index (κ1) is 15.0. The Morgan fingerprint density at radius 3 is 2.17 bits per heavy atom. The van der Waals surface area contributed by atoms with E-state index in [1.54, 1.807) is 0 Å². The minimum Gasteiger partial charge on any atom is -0.352 e. The van der Waals surface area contributed by atoms with E-state index in [1.165, 1.54) is 18.2 Å². The predicted molar refractivity (Wildman–Crippen MR) is 65.1 cm³/mol. The highest BCUT2D eigenvalue weighted by Crippen LogP contribution is 2.11. The molecule has 18 heavy (non-hydrogen) atoms. The smallest absolute Gasteiger partial charge is 0.169 e. The van der Waals surface area contributed by atoms with Crippen molar-refractivity contribution in [3.8, 4) is 0 Å². The Morgan fingerprint density at radius 2 is 1.67 bits per heavy atom. The van der Waals surface area contributed by atoms with E-state index in [2.05, 4.69) is 5.32 Å². The summed E-state index contributed by atoms with van der Waals surface area (Å²) in [5.74, 6) is -1.10. The van der Waals surface area contributed by atoms with Gasteiger partial charge in [0.15, 0.2) is 6.29 Å². The minimum atomic E-state index is -0.549. The largest absolute Gasteiger partial charge is 0.352 e. The van der Waals surface area contributed by atoms with Crippen molar-refractivity contribution >= 4 is 0 Å². The van der Waals surface area contributed by atoms with Crippen molar-refractivity contribution in [2.24, 2.45) is 0 Å². The van der Waals surface area contributed by atoms with Crippen LogP contribution in [0.25, 0.3) is 0 Å². The summed E-state index contributed by atoms with van der Waals surface area (Å²) in [7, 11) is 0. The maximum absolute atomic E-state index is 13.3. The molecule has 1 aromatic carbocycles. The van der Waals surface area contributed by atoms with E-state index in [-0.39, 0.29) is 12.1 Å². The van der Waals surface area contributed by atoms with E-state index in [0.717, 1.165) is 0 Å². The molecule has 0 radical (unpaired) electrons. The number of benzene rings is 1. The zero-order valence-electron chi connectivity index (χ0n) is 10.7. The van der Waals surface area contributed by atoms with E-state index in [0.29, 0.717) is 19.8 Å². The Bertz CT molecular complexity index is 335. The highest BCUT2D eigenvalue weighted by molar-refractivity contribution is 5.19. The fourth-order valence-corrected chi connectivity index (χ4v) is 1.55. The number of rotatable bonds is 8. The number of nitrogens with one attached hydrogen (secondary N) is 1. The molecule has 0 heterocycles. The summed E-state index contributed by atoms with van der Waals surface area (Å²) in [5, 5.41) is 2.92. The summed E-state index contributed by atoms with van der Waals surface area (Å²) < 4.78 is 37.3. The van der Waals surface area contributed by atoms with Crippen LogP contribution in [0.3, 0.4) is 0 Å². The van der Waals surface area contributed by atoms with Crippen molar-refractivity contribution < 1.29 is 18.3 Å². The van der Waals surface area contributed by atoms with Gasteiger partial charge >= 0.3 is 0 Å². The van der Waals surface area contributed by atoms with E-state index >= 15 is 0 Å². The van der Waals surface area contributed by atoms with Gasteiger partial charge in [-0.25, -0.2) is 8.78 Å². The Hall–Kier alpha value is -1.04. The molecule has 0 aliphatic heterocycles. The maximum atomic E-state index is 13.3. The van der Waals surface area contributed by atoms with Crippen LogP contribution < -0.4 is 5.32 Å². The van der Waals surface area contributed by atoms with Crippen LogP contribution in [0.4, 0.5) is 8.78 Å². The van der Waals surface area contributed by atoms with Crippen LogP contribution in [0, 0.1) is 11.6 Å². The third kappa shape index (κ3) is 4.68. The van der Waals surface area contributed by atoms with Crippen LogP contribution in [0.2, 0.25) is 0 Å². The molecular weight excluding hydrogens is 240 g/mol. The number of hydrogen-bond donors (Lipinski definition) is 1. The second-order valence-electron chi connectivity index (χ2n) is 3.67. The van der Waals surface area contributed by atoms with E-state index in [4.69, 9.17) is 9.47 Å². The number of ether oxygens (including phenoxy) is 2. The van der Waals surface area contributed by atoms with Gasteiger partial charge in [-0.3, -0.25) is 0 Å². The van der Waals surface area contributed by atoms with Gasteiger partial charge in [0, 0.05) is 31.9 Å². The lowest BCUT2D eigenvalue weighted by Crippen LogP contribution is -2.31. The molecule has 102 valence electrons. The molecule has 0 aliphatic carbocycles. The van der Waals surface area contributed by atoms with Crippen LogP contribution in [-0.4, -0.2) is 26.0 Å². The van der Waals surface area contributed by atoms with Crippen LogP contribution in [-0.2, 0) is 16.0 Å². The molecule has 0 saturated heterocycles. The Morgan fingerprint density at radius 1 is 1.11 bits per heavy atom. The van der Waals surface area contributed by atoms with Crippen molar-refractivity contribution in [1.82, 2.24) is 5.32 Å². The SMILES string of the molecule is CCOC(CNCc1c(F)cccc1F)OCC. The quantitative estimate of drug-likeness (QED) is 0.727. The molecule has 0 unspecified atom stereocenters. The Labute approximate surface area is 106 Å². The van der Waals surface area contributed by atoms with Crippen molar-refractivity contribution in [3.63, 3.8) is 0 Å². The molecule has 3 nitrogen and oxygen atoms in total. The highest BCUT2D eigenvalue weighted by atomic mass is 19.1. The molecule has 5 heteroatoms. The van der Waals surface area contributed by atoms with E-state index in [9.17, 15) is 8.78 Å². The zero-order valence-corrected chi connectivity index (χ0v) is 10.7. The lowest BCUT2D eigenvalue weighted by molar-refractivity contribution is -0.133. The fourth-order valence-electron chi connectivity index (χ4n) is 1.55. The molecule has 1 aromatic rings. The third-order valence-corrected chi connectivity index (χ3v) is 2.38. The van der Waals surface area contributed by atoms with E-state index in [1.807, 2.05) is 13.8 Å². The van der Waals surface area contributed by atoms with Crippen LogP contribution in [0.5, 0.6) is 0 Å². The summed E-state index contributed by atoms with van der Waals surface area (Å²) in [6.45, 7) is 5.27. The van der Waals surface area contributed by atoms with Gasteiger partial charge in [-0.05, 0) is 26.0 Å². The molecular formula is C13H19F2NO2. The summed E-state index contributed by atoms with van der Waals surface area (Å²) in [6.07, 6.45) is -0.394. The third-order valence-electron chi connectivity index (χ3n) is 2.38. The first-order valence-electron chi connectivity index (χ1n) is 6.05. The summed E-state index contributed by atoms with van der Waals surface area (Å²) in [4.78, 5) is 0. The van der Waals surface area contributed by atoms with Crippen molar-refractivity contribution in [2.75, 3.05) is 19.8 Å². The molecule has 0 amide bonds. The van der Waals surface area contributed by atoms with Gasteiger partial charge in [-0.1, -0.05) is 6.07 Å². The average molecular weight is 259 g/mol. The van der Waals surface area contributed by atoms with Gasteiger partial charge in [-0.15, -0.1) is 0 Å². The fraction of sp³-hybridized carbons (Fsp3) is 0.538. The predicted octanol–water partition coefficient (Wildman–Crippen LogP) is 2.45. The lowest BCUT2D eigenvalue weighted by Gasteiger charge is -2.17. The molecule has 0 atom stereocenters. The normalized spacial score (nSPS) is 11.2. The van der Waals surface area contributed by atoms with Crippen LogP contribution in [0.15, 0.2) is 18.2 Å². The monoisotopic (exact) mass is 259 g/mol.